The molecular weight excluding hydrogens is 413 g/mol. The van der Waals surface area contributed by atoms with Gasteiger partial charge in [-0.05, 0) is 66.5 Å². The van der Waals surface area contributed by atoms with Crippen LogP contribution in [0.4, 0.5) is 4.39 Å². The lowest BCUT2D eigenvalue weighted by molar-refractivity contribution is 0.0945. The Balaban J connectivity index is 0.00000225. The zero-order valence-electron chi connectivity index (χ0n) is 13.8. The van der Waals surface area contributed by atoms with E-state index in [1.54, 1.807) is 12.1 Å². The predicted molar refractivity (Wildman–Crippen MR) is 98.4 cm³/mol. The number of amides is 1. The molecule has 0 radical (unpaired) electrons. The van der Waals surface area contributed by atoms with Gasteiger partial charge in [0.1, 0.15) is 5.82 Å². The Labute approximate surface area is 160 Å². The number of benzene rings is 1. The first kappa shape index (κ1) is 19.8. The lowest BCUT2D eigenvalue weighted by Gasteiger charge is -2.23. The Bertz CT molecular complexity index is 748. The summed E-state index contributed by atoms with van der Waals surface area (Å²) >= 11 is 3.11. The van der Waals surface area contributed by atoms with Crippen LogP contribution in [-0.2, 0) is 6.54 Å². The van der Waals surface area contributed by atoms with E-state index in [9.17, 15) is 9.18 Å². The van der Waals surface area contributed by atoms with Gasteiger partial charge in [-0.2, -0.15) is 0 Å². The molecular formula is C16H20BrClFN5O. The van der Waals surface area contributed by atoms with Crippen LogP contribution >= 0.6 is 28.3 Å². The molecule has 1 aromatic heterocycles. The highest BCUT2D eigenvalue weighted by atomic mass is 79.9. The van der Waals surface area contributed by atoms with Gasteiger partial charge in [-0.25, -0.2) is 9.07 Å². The molecule has 2 aromatic rings. The average molecular weight is 433 g/mol. The topological polar surface area (TPSA) is 71.8 Å². The largest absolute Gasteiger partial charge is 0.347 e. The zero-order chi connectivity index (χ0) is 17.1. The van der Waals surface area contributed by atoms with E-state index in [2.05, 4.69) is 36.9 Å². The van der Waals surface area contributed by atoms with Gasteiger partial charge in [-0.15, -0.1) is 17.5 Å². The van der Waals surface area contributed by atoms with Crippen LogP contribution in [0.15, 0.2) is 22.7 Å². The number of nitrogens with zero attached hydrogens (tertiary/aromatic N) is 3. The van der Waals surface area contributed by atoms with E-state index < -0.39 is 0 Å². The Morgan fingerprint density at radius 3 is 2.84 bits per heavy atom. The van der Waals surface area contributed by atoms with Crippen molar-refractivity contribution in [2.75, 3.05) is 13.1 Å². The monoisotopic (exact) mass is 431 g/mol. The lowest BCUT2D eigenvalue weighted by atomic mass is 10.1. The minimum atomic E-state index is -0.352. The molecule has 25 heavy (non-hydrogen) atoms. The second-order valence-electron chi connectivity index (χ2n) is 5.88. The van der Waals surface area contributed by atoms with Crippen LogP contribution in [0.3, 0.4) is 0 Å². The maximum absolute atomic E-state index is 13.5. The summed E-state index contributed by atoms with van der Waals surface area (Å²) < 4.78 is 15.8. The molecule has 6 nitrogen and oxygen atoms in total. The van der Waals surface area contributed by atoms with Crippen molar-refractivity contribution < 1.29 is 9.18 Å². The second kappa shape index (κ2) is 8.73. The number of rotatable bonds is 4. The highest BCUT2D eigenvalue weighted by molar-refractivity contribution is 9.10. The lowest BCUT2D eigenvalue weighted by Crippen LogP contribution is -2.30. The van der Waals surface area contributed by atoms with Crippen molar-refractivity contribution in [1.82, 2.24) is 25.6 Å². The van der Waals surface area contributed by atoms with Crippen molar-refractivity contribution in [3.05, 3.63) is 45.4 Å². The molecule has 1 amide bonds. The average Bonchev–Trinajstić information content (AvgIpc) is 2.98. The Hall–Kier alpha value is -1.51. The second-order valence-corrected chi connectivity index (χ2v) is 6.73. The molecule has 2 heterocycles. The van der Waals surface area contributed by atoms with E-state index in [1.807, 2.05) is 11.6 Å². The number of hydrogen-bond acceptors (Lipinski definition) is 4. The van der Waals surface area contributed by atoms with Gasteiger partial charge < -0.3 is 10.6 Å². The van der Waals surface area contributed by atoms with E-state index in [0.717, 1.165) is 31.6 Å². The van der Waals surface area contributed by atoms with E-state index >= 15 is 0 Å². The Morgan fingerprint density at radius 1 is 1.44 bits per heavy atom. The molecule has 0 aliphatic carbocycles. The van der Waals surface area contributed by atoms with Gasteiger partial charge in [0.25, 0.3) is 5.91 Å². The van der Waals surface area contributed by atoms with Crippen LogP contribution in [-0.4, -0.2) is 34.0 Å². The zero-order valence-corrected chi connectivity index (χ0v) is 16.2. The third-order valence-electron chi connectivity index (χ3n) is 4.23. The summed E-state index contributed by atoms with van der Waals surface area (Å²) in [5, 5.41) is 14.3. The van der Waals surface area contributed by atoms with Gasteiger partial charge in [0.2, 0.25) is 0 Å². The molecule has 0 bridgehead atoms. The van der Waals surface area contributed by atoms with Gasteiger partial charge in [0.15, 0.2) is 5.69 Å². The number of carbonyl (C=O) groups excluding carboxylic acids is 1. The molecule has 1 aliphatic rings. The van der Waals surface area contributed by atoms with Crippen molar-refractivity contribution >= 4 is 34.2 Å². The smallest absolute Gasteiger partial charge is 0.274 e. The fourth-order valence-electron chi connectivity index (χ4n) is 2.86. The van der Waals surface area contributed by atoms with Crippen LogP contribution in [0.2, 0.25) is 0 Å². The quantitative estimate of drug-likeness (QED) is 0.779. The van der Waals surface area contributed by atoms with Gasteiger partial charge in [0, 0.05) is 6.54 Å². The minimum Gasteiger partial charge on any atom is -0.347 e. The molecule has 1 saturated heterocycles. The molecule has 3 rings (SSSR count). The minimum absolute atomic E-state index is 0. The third-order valence-corrected chi connectivity index (χ3v) is 4.88. The van der Waals surface area contributed by atoms with Crippen molar-refractivity contribution in [3.63, 3.8) is 0 Å². The summed E-state index contributed by atoms with van der Waals surface area (Å²) in [5.74, 6) is -0.647. The normalized spacial score (nSPS) is 14.8. The highest BCUT2D eigenvalue weighted by Gasteiger charge is 2.22. The van der Waals surface area contributed by atoms with E-state index in [-0.39, 0.29) is 36.7 Å². The maximum atomic E-state index is 13.5. The molecule has 0 unspecified atom stereocenters. The number of hydrogen-bond donors (Lipinski definition) is 2. The van der Waals surface area contributed by atoms with E-state index in [1.165, 1.54) is 6.07 Å². The number of carbonyl (C=O) groups is 1. The molecule has 1 aromatic carbocycles. The SMILES string of the molecule is Cc1c(C(=O)NCc2ccc(Br)c(F)c2)nnn1C1CCNCC1.Cl. The third kappa shape index (κ3) is 4.56. The van der Waals surface area contributed by atoms with Crippen molar-refractivity contribution in [1.29, 1.82) is 0 Å². The number of piperidine rings is 1. The summed E-state index contributed by atoms with van der Waals surface area (Å²) in [6, 6.07) is 5.05. The molecule has 136 valence electrons. The molecule has 0 spiro atoms. The molecule has 2 N–H and O–H groups in total. The van der Waals surface area contributed by atoms with Crippen molar-refractivity contribution in [2.45, 2.75) is 32.4 Å². The van der Waals surface area contributed by atoms with Crippen LogP contribution in [0.1, 0.15) is 40.6 Å². The first-order valence-electron chi connectivity index (χ1n) is 7.91. The number of aromatic nitrogens is 3. The molecule has 1 fully saturated rings. The molecule has 1 aliphatic heterocycles. The van der Waals surface area contributed by atoms with Crippen LogP contribution < -0.4 is 10.6 Å². The molecule has 0 atom stereocenters. The summed E-state index contributed by atoms with van der Waals surface area (Å²) in [5.41, 5.74) is 1.78. The Kier molecular flexibility index (Phi) is 6.92. The number of nitrogens with one attached hydrogen (secondary N) is 2. The predicted octanol–water partition coefficient (Wildman–Crippen LogP) is 2.76. The van der Waals surface area contributed by atoms with Gasteiger partial charge >= 0.3 is 0 Å². The van der Waals surface area contributed by atoms with Crippen molar-refractivity contribution in [3.8, 4) is 0 Å². The molecule has 0 saturated carbocycles. The van der Waals surface area contributed by atoms with Crippen LogP contribution in [0, 0.1) is 12.7 Å². The van der Waals surface area contributed by atoms with Crippen LogP contribution in [0.5, 0.6) is 0 Å². The highest BCUT2D eigenvalue weighted by Crippen LogP contribution is 2.20. The fraction of sp³-hybridized carbons (Fsp3) is 0.438. The summed E-state index contributed by atoms with van der Waals surface area (Å²) in [6.45, 7) is 3.99. The van der Waals surface area contributed by atoms with Crippen LogP contribution in [0.25, 0.3) is 0 Å². The van der Waals surface area contributed by atoms with Crippen molar-refractivity contribution in [2.24, 2.45) is 0 Å². The van der Waals surface area contributed by atoms with E-state index in [4.69, 9.17) is 0 Å². The first-order chi connectivity index (χ1) is 11.6. The summed E-state index contributed by atoms with van der Waals surface area (Å²) in [6.07, 6.45) is 1.95. The maximum Gasteiger partial charge on any atom is 0.274 e. The van der Waals surface area contributed by atoms with Gasteiger partial charge in [0.05, 0.1) is 16.2 Å². The van der Waals surface area contributed by atoms with Gasteiger partial charge in [-0.1, -0.05) is 11.3 Å². The molecule has 9 heteroatoms. The standard InChI is InChI=1S/C16H19BrFN5O.ClH/c1-10-15(21-22-23(10)12-4-6-19-7-5-12)16(24)20-9-11-2-3-13(17)14(18)8-11;/h2-3,8,12,19H,4-7,9H2,1H3,(H,20,24);1H. The fourth-order valence-corrected chi connectivity index (χ4v) is 3.11. The number of halogens is 3. The summed E-state index contributed by atoms with van der Waals surface area (Å²) in [4.78, 5) is 12.3. The van der Waals surface area contributed by atoms with E-state index in [0.29, 0.717) is 15.7 Å². The Morgan fingerprint density at radius 2 is 2.16 bits per heavy atom. The summed E-state index contributed by atoms with van der Waals surface area (Å²) in [7, 11) is 0. The first-order valence-corrected chi connectivity index (χ1v) is 8.70. The van der Waals surface area contributed by atoms with Gasteiger partial charge in [-0.3, -0.25) is 4.79 Å².